The van der Waals surface area contributed by atoms with Gasteiger partial charge in [0.05, 0.1) is 26.2 Å². The van der Waals surface area contributed by atoms with E-state index in [-0.39, 0.29) is 39.5 Å². The molecule has 1 aliphatic rings. The van der Waals surface area contributed by atoms with Crippen LogP contribution in [-0.2, 0) is 27.0 Å². The Hall–Kier alpha value is -4.41. The third-order valence-electron chi connectivity index (χ3n) is 6.70. The molecule has 41 heavy (non-hydrogen) atoms. The second-order valence-corrected chi connectivity index (χ2v) is 12.7. The van der Waals surface area contributed by atoms with E-state index in [0.717, 1.165) is 34.0 Å². The predicted octanol–water partition coefficient (Wildman–Crippen LogP) is 6.85. The number of hydrogen-bond acceptors (Lipinski definition) is 7. The third-order valence-corrected chi connectivity index (χ3v) is 9.42. The number of sulfone groups is 1. The monoisotopic (exact) mass is 586 g/mol. The van der Waals surface area contributed by atoms with E-state index in [1.54, 1.807) is 18.2 Å². The molecule has 0 radical (unpaired) electrons. The lowest BCUT2D eigenvalue weighted by atomic mass is 10.1. The maximum atomic E-state index is 13.3. The predicted molar refractivity (Wildman–Crippen MR) is 160 cm³/mol. The van der Waals surface area contributed by atoms with Gasteiger partial charge in [-0.3, -0.25) is 14.9 Å². The summed E-state index contributed by atoms with van der Waals surface area (Å²) in [5.74, 6) is -0.404. The van der Waals surface area contributed by atoms with Crippen LogP contribution in [0.1, 0.15) is 27.8 Å². The average Bonchev–Trinajstić information content (AvgIpc) is 2.95. The lowest BCUT2D eigenvalue weighted by molar-refractivity contribution is -0.386. The molecular weight excluding hydrogens is 560 g/mol. The molecule has 4 aromatic rings. The van der Waals surface area contributed by atoms with Crippen molar-refractivity contribution in [2.75, 3.05) is 5.32 Å². The van der Waals surface area contributed by atoms with E-state index < -0.39 is 14.8 Å². The normalized spacial score (nSPS) is 13.9. The highest BCUT2D eigenvalue weighted by Gasteiger charge is 2.25. The molecule has 0 aliphatic carbocycles. The highest BCUT2D eigenvalue weighted by molar-refractivity contribution is 8.04. The summed E-state index contributed by atoms with van der Waals surface area (Å²) in [5, 5.41) is 14.6. The summed E-state index contributed by atoms with van der Waals surface area (Å²) in [6.07, 6.45) is 1.54. The molecule has 10 heteroatoms. The van der Waals surface area contributed by atoms with Crippen LogP contribution in [-0.4, -0.2) is 19.2 Å². The van der Waals surface area contributed by atoms with Gasteiger partial charge in [0.2, 0.25) is 0 Å². The summed E-state index contributed by atoms with van der Waals surface area (Å²) in [4.78, 5) is 25.1. The van der Waals surface area contributed by atoms with Crippen LogP contribution in [0.2, 0.25) is 0 Å². The molecule has 0 saturated carbocycles. The number of thioether (sulfide) groups is 1. The molecule has 1 aliphatic heterocycles. The topological polar surface area (TPSA) is 116 Å². The zero-order chi connectivity index (χ0) is 29.1. The number of amides is 1. The Labute approximate surface area is 242 Å². The Balaban J connectivity index is 1.40. The number of hydrogen-bond donors (Lipinski definition) is 1. The maximum absolute atomic E-state index is 13.3. The Morgan fingerprint density at radius 2 is 1.68 bits per heavy atom. The van der Waals surface area contributed by atoms with Crippen molar-refractivity contribution in [2.45, 2.75) is 36.0 Å². The largest absolute Gasteiger partial charge is 0.482 e. The van der Waals surface area contributed by atoms with Crippen LogP contribution in [0.15, 0.2) is 99.6 Å². The van der Waals surface area contributed by atoms with Crippen molar-refractivity contribution in [2.24, 2.45) is 0 Å². The molecule has 1 amide bonds. The van der Waals surface area contributed by atoms with E-state index in [4.69, 9.17) is 4.74 Å². The van der Waals surface area contributed by atoms with Gasteiger partial charge in [0.25, 0.3) is 5.91 Å². The van der Waals surface area contributed by atoms with Crippen molar-refractivity contribution in [3.63, 3.8) is 0 Å². The molecule has 0 saturated heterocycles. The van der Waals surface area contributed by atoms with Gasteiger partial charge in [0.1, 0.15) is 6.61 Å². The first kappa shape index (κ1) is 28.1. The minimum atomic E-state index is -3.66. The molecule has 0 spiro atoms. The number of nitro groups is 1. The number of anilines is 1. The van der Waals surface area contributed by atoms with Gasteiger partial charge in [-0.05, 0) is 72.0 Å². The number of fused-ring (bicyclic) bond motifs is 1. The molecule has 0 unspecified atom stereocenters. The molecule has 8 nitrogen and oxygen atoms in total. The fraction of sp³-hybridized carbons (Fsp3) is 0.129. The maximum Gasteiger partial charge on any atom is 0.311 e. The highest BCUT2D eigenvalue weighted by atomic mass is 32.2. The quantitative estimate of drug-likeness (QED) is 0.136. The SMILES string of the molecule is Cc1cccc(C)c1CS(=O)(=O)c1ccc2c(c1)SC(=Cc1ccc(OCc3ccccc3)c([N+](=O)[O-])c1)C(=O)N2. The van der Waals surface area contributed by atoms with Gasteiger partial charge in [0, 0.05) is 11.0 Å². The van der Waals surface area contributed by atoms with Gasteiger partial charge in [-0.1, -0.05) is 66.4 Å². The summed E-state index contributed by atoms with van der Waals surface area (Å²) in [5.41, 5.74) is 4.16. The summed E-state index contributed by atoms with van der Waals surface area (Å²) < 4.78 is 32.3. The van der Waals surface area contributed by atoms with Crippen LogP contribution in [0, 0.1) is 24.0 Å². The molecule has 5 rings (SSSR count). The van der Waals surface area contributed by atoms with Gasteiger partial charge < -0.3 is 10.1 Å². The average molecular weight is 587 g/mol. The minimum absolute atomic E-state index is 0.117. The Morgan fingerprint density at radius 3 is 2.39 bits per heavy atom. The molecule has 0 aromatic heterocycles. The van der Waals surface area contributed by atoms with Crippen LogP contribution in [0.5, 0.6) is 5.75 Å². The van der Waals surface area contributed by atoms with E-state index in [9.17, 15) is 23.3 Å². The molecule has 0 bridgehead atoms. The van der Waals surface area contributed by atoms with E-state index in [1.807, 2.05) is 62.4 Å². The molecular formula is C31H26N2O6S2. The highest BCUT2D eigenvalue weighted by Crippen LogP contribution is 2.41. The smallest absolute Gasteiger partial charge is 0.311 e. The molecule has 4 aromatic carbocycles. The zero-order valence-electron chi connectivity index (χ0n) is 22.3. The number of carbonyl (C=O) groups is 1. The van der Waals surface area contributed by atoms with Crippen molar-refractivity contribution >= 4 is 45.0 Å². The molecule has 1 N–H and O–H groups in total. The number of ether oxygens (including phenoxy) is 1. The lowest BCUT2D eigenvalue weighted by Gasteiger charge is -2.20. The molecule has 1 heterocycles. The van der Waals surface area contributed by atoms with Gasteiger partial charge in [-0.15, -0.1) is 0 Å². The van der Waals surface area contributed by atoms with Crippen molar-refractivity contribution in [1.29, 1.82) is 0 Å². The van der Waals surface area contributed by atoms with Crippen molar-refractivity contribution in [3.8, 4) is 5.75 Å². The summed E-state index contributed by atoms with van der Waals surface area (Å²) in [6.45, 7) is 3.95. The van der Waals surface area contributed by atoms with Crippen LogP contribution in [0.3, 0.4) is 0 Å². The van der Waals surface area contributed by atoms with Crippen molar-refractivity contribution < 1.29 is 22.9 Å². The number of nitro benzene ring substituents is 1. The molecule has 208 valence electrons. The summed E-state index contributed by atoms with van der Waals surface area (Å²) in [6, 6.07) is 24.1. The summed E-state index contributed by atoms with van der Waals surface area (Å²) >= 11 is 1.11. The molecule has 0 fully saturated rings. The van der Waals surface area contributed by atoms with Gasteiger partial charge in [-0.25, -0.2) is 8.42 Å². The van der Waals surface area contributed by atoms with Gasteiger partial charge in [-0.2, -0.15) is 0 Å². The van der Waals surface area contributed by atoms with Crippen LogP contribution in [0.25, 0.3) is 6.08 Å². The number of carbonyl (C=O) groups excluding carboxylic acids is 1. The number of aryl methyl sites for hydroxylation is 2. The minimum Gasteiger partial charge on any atom is -0.482 e. The van der Waals surface area contributed by atoms with Crippen LogP contribution in [0.4, 0.5) is 11.4 Å². The fourth-order valence-corrected chi connectivity index (χ4v) is 7.09. The Morgan fingerprint density at radius 1 is 0.951 bits per heavy atom. The van der Waals surface area contributed by atoms with E-state index in [1.165, 1.54) is 24.3 Å². The zero-order valence-corrected chi connectivity index (χ0v) is 23.9. The number of benzene rings is 4. The third kappa shape index (κ3) is 6.34. The van der Waals surface area contributed by atoms with Gasteiger partial charge >= 0.3 is 5.69 Å². The number of nitrogens with one attached hydrogen (secondary N) is 1. The second kappa shape index (κ2) is 11.6. The first-order valence-electron chi connectivity index (χ1n) is 12.7. The van der Waals surface area contributed by atoms with Gasteiger partial charge in [0.15, 0.2) is 15.6 Å². The van der Waals surface area contributed by atoms with E-state index >= 15 is 0 Å². The van der Waals surface area contributed by atoms with Crippen molar-refractivity contribution in [3.05, 3.63) is 128 Å². The summed E-state index contributed by atoms with van der Waals surface area (Å²) in [7, 11) is -3.66. The van der Waals surface area contributed by atoms with E-state index in [2.05, 4.69) is 5.32 Å². The lowest BCUT2D eigenvalue weighted by Crippen LogP contribution is -2.18. The van der Waals surface area contributed by atoms with E-state index in [0.29, 0.717) is 16.1 Å². The standard InChI is InChI=1S/C31H26N2O6S2/c1-20-7-6-8-21(2)25(20)19-41(37,38)24-12-13-26-29(17-24)40-30(31(34)32-26)16-23-11-14-28(27(15-23)33(35)36)39-18-22-9-4-3-5-10-22/h3-17H,18-19H2,1-2H3,(H,32,34). The fourth-order valence-electron chi connectivity index (χ4n) is 4.45. The molecule has 0 atom stereocenters. The number of nitrogens with zero attached hydrogens (tertiary/aromatic N) is 1. The second-order valence-electron chi connectivity index (χ2n) is 9.61. The van der Waals surface area contributed by atoms with Crippen LogP contribution < -0.4 is 10.1 Å². The first-order valence-corrected chi connectivity index (χ1v) is 15.2. The number of rotatable bonds is 8. The van der Waals surface area contributed by atoms with Crippen LogP contribution >= 0.6 is 11.8 Å². The Kier molecular flexibility index (Phi) is 7.96. The Bertz CT molecular complexity index is 1780. The van der Waals surface area contributed by atoms with Crippen molar-refractivity contribution in [1.82, 2.24) is 0 Å². The first-order chi connectivity index (χ1) is 19.6.